The lowest BCUT2D eigenvalue weighted by atomic mass is 10.0. The van der Waals surface area contributed by atoms with Crippen LogP contribution in [0.5, 0.6) is 0 Å². The maximum Gasteiger partial charge on any atom is 0.220 e. The third kappa shape index (κ3) is 4.67. The van der Waals surface area contributed by atoms with Crippen LogP contribution in [0.1, 0.15) is 37.3 Å². The summed E-state index contributed by atoms with van der Waals surface area (Å²) in [5, 5.41) is 6.50. The Labute approximate surface area is 115 Å². The largest absolute Gasteiger partial charge is 0.352 e. The maximum absolute atomic E-state index is 11.1. The molecule has 0 aromatic heterocycles. The first-order valence-electron chi connectivity index (χ1n) is 7.22. The second-order valence-electron chi connectivity index (χ2n) is 5.64. The van der Waals surface area contributed by atoms with E-state index in [4.69, 9.17) is 0 Å². The third-order valence-corrected chi connectivity index (χ3v) is 3.75. The van der Waals surface area contributed by atoms with Gasteiger partial charge in [-0.1, -0.05) is 29.8 Å². The minimum Gasteiger partial charge on any atom is -0.352 e. The molecular formula is C16H24N2O. The van der Waals surface area contributed by atoms with E-state index in [9.17, 15) is 4.79 Å². The van der Waals surface area contributed by atoms with Gasteiger partial charge in [-0.3, -0.25) is 4.79 Å². The van der Waals surface area contributed by atoms with Crippen molar-refractivity contribution in [2.45, 2.75) is 51.6 Å². The molecule has 1 heterocycles. The van der Waals surface area contributed by atoms with Crippen LogP contribution >= 0.6 is 0 Å². The third-order valence-electron chi connectivity index (χ3n) is 3.75. The van der Waals surface area contributed by atoms with E-state index < -0.39 is 0 Å². The number of carbonyl (C=O) groups excluding carboxylic acids is 1. The van der Waals surface area contributed by atoms with Gasteiger partial charge in [-0.25, -0.2) is 0 Å². The van der Waals surface area contributed by atoms with Gasteiger partial charge >= 0.3 is 0 Å². The molecule has 1 amide bonds. The molecule has 0 aliphatic carbocycles. The zero-order valence-electron chi connectivity index (χ0n) is 11.9. The number of nitrogens with one attached hydrogen (secondary N) is 2. The standard InChI is InChI=1S/C16H24N2O/c1-12-4-3-5-14(10-12)7-6-13(2)17-11-15-8-9-16(19)18-15/h3-5,10,13,15,17H,6-9,11H2,1-2H3,(H,18,19). The summed E-state index contributed by atoms with van der Waals surface area (Å²) in [6, 6.07) is 9.51. The normalized spacial score (nSPS) is 20.3. The molecule has 1 aromatic rings. The minimum atomic E-state index is 0.194. The molecule has 1 fully saturated rings. The fraction of sp³-hybridized carbons (Fsp3) is 0.562. The molecule has 1 aliphatic rings. The van der Waals surface area contributed by atoms with Crippen molar-refractivity contribution >= 4 is 5.91 Å². The fourth-order valence-corrected chi connectivity index (χ4v) is 2.53. The lowest BCUT2D eigenvalue weighted by molar-refractivity contribution is -0.119. The van der Waals surface area contributed by atoms with Crippen molar-refractivity contribution in [1.29, 1.82) is 0 Å². The van der Waals surface area contributed by atoms with E-state index in [1.807, 2.05) is 0 Å². The van der Waals surface area contributed by atoms with Crippen LogP contribution in [0.3, 0.4) is 0 Å². The summed E-state index contributed by atoms with van der Waals surface area (Å²) >= 11 is 0. The SMILES string of the molecule is Cc1cccc(CCC(C)NCC2CCC(=O)N2)c1. The van der Waals surface area contributed by atoms with Gasteiger partial charge in [0.2, 0.25) is 5.91 Å². The fourth-order valence-electron chi connectivity index (χ4n) is 2.53. The van der Waals surface area contributed by atoms with E-state index in [1.54, 1.807) is 0 Å². The summed E-state index contributed by atoms with van der Waals surface area (Å²) in [5.41, 5.74) is 2.73. The van der Waals surface area contributed by atoms with Gasteiger partial charge in [-0.15, -0.1) is 0 Å². The maximum atomic E-state index is 11.1. The molecule has 2 N–H and O–H groups in total. The molecule has 1 aromatic carbocycles. The second-order valence-corrected chi connectivity index (χ2v) is 5.64. The number of hydrogen-bond acceptors (Lipinski definition) is 2. The van der Waals surface area contributed by atoms with Crippen LogP contribution in [0, 0.1) is 6.92 Å². The van der Waals surface area contributed by atoms with Crippen molar-refractivity contribution in [3.05, 3.63) is 35.4 Å². The van der Waals surface area contributed by atoms with Gasteiger partial charge in [-0.05, 0) is 38.7 Å². The van der Waals surface area contributed by atoms with Crippen molar-refractivity contribution in [3.8, 4) is 0 Å². The summed E-state index contributed by atoms with van der Waals surface area (Å²) in [6.07, 6.45) is 3.89. The molecule has 1 saturated heterocycles. The molecule has 104 valence electrons. The van der Waals surface area contributed by atoms with E-state index >= 15 is 0 Å². The predicted octanol–water partition coefficient (Wildman–Crippen LogP) is 2.18. The van der Waals surface area contributed by atoms with Crippen LogP contribution in [0.4, 0.5) is 0 Å². The summed E-state index contributed by atoms with van der Waals surface area (Å²) in [4.78, 5) is 11.1. The molecule has 0 spiro atoms. The average molecular weight is 260 g/mol. The van der Waals surface area contributed by atoms with Gasteiger partial charge in [0.1, 0.15) is 0 Å². The molecule has 3 nitrogen and oxygen atoms in total. The molecule has 0 bridgehead atoms. The van der Waals surface area contributed by atoms with Crippen LogP contribution in [-0.4, -0.2) is 24.5 Å². The number of rotatable bonds is 6. The highest BCUT2D eigenvalue weighted by atomic mass is 16.1. The summed E-state index contributed by atoms with van der Waals surface area (Å²) in [7, 11) is 0. The summed E-state index contributed by atoms with van der Waals surface area (Å²) in [6.45, 7) is 5.24. The van der Waals surface area contributed by atoms with Gasteiger partial charge in [0.25, 0.3) is 0 Å². The Kier molecular flexibility index (Phi) is 4.97. The highest BCUT2D eigenvalue weighted by Crippen LogP contribution is 2.09. The number of hydrogen-bond donors (Lipinski definition) is 2. The highest BCUT2D eigenvalue weighted by molar-refractivity contribution is 5.78. The monoisotopic (exact) mass is 260 g/mol. The van der Waals surface area contributed by atoms with Gasteiger partial charge in [-0.2, -0.15) is 0 Å². The van der Waals surface area contributed by atoms with Gasteiger partial charge in [0.05, 0.1) is 0 Å². The molecule has 3 heteroatoms. The van der Waals surface area contributed by atoms with Crippen LogP contribution in [0.25, 0.3) is 0 Å². The first-order chi connectivity index (χ1) is 9.13. The van der Waals surface area contributed by atoms with Crippen LogP contribution in [0.2, 0.25) is 0 Å². The van der Waals surface area contributed by atoms with E-state index in [0.717, 1.165) is 25.8 Å². The summed E-state index contributed by atoms with van der Waals surface area (Å²) in [5.74, 6) is 0.194. The van der Waals surface area contributed by atoms with Crippen LogP contribution in [-0.2, 0) is 11.2 Å². The number of amides is 1. The lowest BCUT2D eigenvalue weighted by Crippen LogP contribution is -2.39. The average Bonchev–Trinajstić information content (AvgIpc) is 2.80. The predicted molar refractivity (Wildman–Crippen MR) is 78.1 cm³/mol. The van der Waals surface area contributed by atoms with Crippen molar-refractivity contribution < 1.29 is 4.79 Å². The smallest absolute Gasteiger partial charge is 0.220 e. The van der Waals surface area contributed by atoms with Crippen molar-refractivity contribution in [3.63, 3.8) is 0 Å². The Morgan fingerprint density at radius 2 is 2.32 bits per heavy atom. The molecular weight excluding hydrogens is 236 g/mol. The second kappa shape index (κ2) is 6.71. The first kappa shape index (κ1) is 14.1. The first-order valence-corrected chi connectivity index (χ1v) is 7.22. The van der Waals surface area contributed by atoms with Crippen LogP contribution < -0.4 is 10.6 Å². The Morgan fingerprint density at radius 3 is 3.00 bits per heavy atom. The number of benzene rings is 1. The number of aryl methyl sites for hydroxylation is 2. The molecule has 1 aliphatic heterocycles. The van der Waals surface area contributed by atoms with Gasteiger partial charge in [0.15, 0.2) is 0 Å². The Balaban J connectivity index is 1.67. The van der Waals surface area contributed by atoms with E-state index in [-0.39, 0.29) is 5.91 Å². The Bertz CT molecular complexity index is 431. The Morgan fingerprint density at radius 1 is 1.47 bits per heavy atom. The van der Waals surface area contributed by atoms with E-state index in [2.05, 4.69) is 48.7 Å². The quantitative estimate of drug-likeness (QED) is 0.823. The molecule has 0 saturated carbocycles. The van der Waals surface area contributed by atoms with Gasteiger partial charge < -0.3 is 10.6 Å². The molecule has 19 heavy (non-hydrogen) atoms. The van der Waals surface area contributed by atoms with Gasteiger partial charge in [0, 0.05) is 25.0 Å². The highest BCUT2D eigenvalue weighted by Gasteiger charge is 2.20. The van der Waals surface area contributed by atoms with Crippen molar-refractivity contribution in [2.24, 2.45) is 0 Å². The summed E-state index contributed by atoms with van der Waals surface area (Å²) < 4.78 is 0. The van der Waals surface area contributed by atoms with E-state index in [0.29, 0.717) is 18.5 Å². The lowest BCUT2D eigenvalue weighted by Gasteiger charge is -2.17. The molecule has 2 rings (SSSR count). The molecule has 0 radical (unpaired) electrons. The minimum absolute atomic E-state index is 0.194. The zero-order chi connectivity index (χ0) is 13.7. The van der Waals surface area contributed by atoms with E-state index in [1.165, 1.54) is 11.1 Å². The van der Waals surface area contributed by atoms with Crippen LogP contribution in [0.15, 0.2) is 24.3 Å². The zero-order valence-corrected chi connectivity index (χ0v) is 11.9. The van der Waals surface area contributed by atoms with Crippen molar-refractivity contribution in [1.82, 2.24) is 10.6 Å². The topological polar surface area (TPSA) is 41.1 Å². The molecule has 2 unspecified atom stereocenters. The molecule has 2 atom stereocenters. The Hall–Kier alpha value is -1.35. The number of carbonyl (C=O) groups is 1. The van der Waals surface area contributed by atoms with Crippen molar-refractivity contribution in [2.75, 3.05) is 6.54 Å².